The first-order valence-electron chi connectivity index (χ1n) is 6.53. The third kappa shape index (κ3) is 3.79. The summed E-state index contributed by atoms with van der Waals surface area (Å²) < 4.78 is 5.42. The zero-order valence-electron chi connectivity index (χ0n) is 11.9. The van der Waals surface area contributed by atoms with Crippen LogP contribution in [0.5, 0.6) is 5.75 Å². The van der Waals surface area contributed by atoms with E-state index in [0.29, 0.717) is 24.6 Å². The fourth-order valence-electron chi connectivity index (χ4n) is 1.72. The molecule has 1 heterocycles. The van der Waals surface area contributed by atoms with Gasteiger partial charge in [0.1, 0.15) is 18.6 Å². The van der Waals surface area contributed by atoms with Crippen LogP contribution in [0.3, 0.4) is 0 Å². The first-order valence-corrected chi connectivity index (χ1v) is 6.53. The maximum absolute atomic E-state index is 10.8. The van der Waals surface area contributed by atoms with Gasteiger partial charge < -0.3 is 21.1 Å². The van der Waals surface area contributed by atoms with Crippen molar-refractivity contribution in [2.75, 3.05) is 30.8 Å². The third-order valence-electron chi connectivity index (χ3n) is 2.68. The largest absolute Gasteiger partial charge is 0.492 e. The molecule has 4 N–H and O–H groups in total. The Morgan fingerprint density at radius 1 is 1.45 bits per heavy atom. The van der Waals surface area contributed by atoms with Crippen LogP contribution in [0.15, 0.2) is 30.5 Å². The molecule has 0 saturated carbocycles. The standard InChI is InChI=1S/C13H16N6O3/c1-15-12-11(19(20)21)8-16-13(18-12)17-9-3-2-4-10(7-9)22-6-5-14/h2-4,7-8H,5-6,14H2,1H3,(H2,15,16,17,18). The van der Waals surface area contributed by atoms with Crippen LogP contribution in [-0.4, -0.2) is 35.1 Å². The lowest BCUT2D eigenvalue weighted by atomic mass is 10.3. The molecular weight excluding hydrogens is 288 g/mol. The molecule has 22 heavy (non-hydrogen) atoms. The number of nitrogens with zero attached hydrogens (tertiary/aromatic N) is 3. The molecule has 9 heteroatoms. The molecule has 0 saturated heterocycles. The van der Waals surface area contributed by atoms with Gasteiger partial charge in [-0.15, -0.1) is 0 Å². The van der Waals surface area contributed by atoms with E-state index in [1.165, 1.54) is 0 Å². The smallest absolute Gasteiger partial charge is 0.329 e. The Morgan fingerprint density at radius 3 is 2.95 bits per heavy atom. The number of rotatable bonds is 7. The second-order valence-electron chi connectivity index (χ2n) is 4.22. The third-order valence-corrected chi connectivity index (χ3v) is 2.68. The molecule has 0 fully saturated rings. The minimum Gasteiger partial charge on any atom is -0.492 e. The lowest BCUT2D eigenvalue weighted by Gasteiger charge is -2.09. The summed E-state index contributed by atoms with van der Waals surface area (Å²) in [6.07, 6.45) is 1.15. The number of ether oxygens (including phenoxy) is 1. The molecule has 0 radical (unpaired) electrons. The number of hydrogen-bond acceptors (Lipinski definition) is 8. The molecule has 0 unspecified atom stereocenters. The van der Waals surface area contributed by atoms with Crippen LogP contribution in [0.1, 0.15) is 0 Å². The molecule has 0 atom stereocenters. The maximum Gasteiger partial charge on any atom is 0.329 e. The van der Waals surface area contributed by atoms with Gasteiger partial charge in [-0.05, 0) is 12.1 Å². The lowest BCUT2D eigenvalue weighted by molar-refractivity contribution is -0.384. The molecular formula is C13H16N6O3. The Morgan fingerprint density at radius 2 is 2.27 bits per heavy atom. The average molecular weight is 304 g/mol. The fraction of sp³-hybridized carbons (Fsp3) is 0.231. The van der Waals surface area contributed by atoms with E-state index in [0.717, 1.165) is 6.20 Å². The number of nitrogens with two attached hydrogens (primary N) is 1. The van der Waals surface area contributed by atoms with Crippen LogP contribution in [0.4, 0.5) is 23.1 Å². The van der Waals surface area contributed by atoms with Crippen molar-refractivity contribution in [3.8, 4) is 5.75 Å². The summed E-state index contributed by atoms with van der Waals surface area (Å²) in [5.41, 5.74) is 5.90. The summed E-state index contributed by atoms with van der Waals surface area (Å²) >= 11 is 0. The molecule has 1 aromatic heterocycles. The van der Waals surface area contributed by atoms with E-state index in [4.69, 9.17) is 10.5 Å². The Balaban J connectivity index is 2.18. The number of anilines is 3. The first kappa shape index (κ1) is 15.4. The molecule has 1 aromatic carbocycles. The Bertz CT molecular complexity index is 664. The average Bonchev–Trinajstić information content (AvgIpc) is 2.53. The van der Waals surface area contributed by atoms with Crippen molar-refractivity contribution in [3.05, 3.63) is 40.6 Å². The van der Waals surface area contributed by atoms with Gasteiger partial charge >= 0.3 is 5.69 Å². The zero-order valence-corrected chi connectivity index (χ0v) is 11.9. The molecule has 0 aliphatic heterocycles. The molecule has 0 amide bonds. The van der Waals surface area contributed by atoms with Gasteiger partial charge in [-0.25, -0.2) is 4.98 Å². The van der Waals surface area contributed by atoms with Crippen molar-refractivity contribution in [2.24, 2.45) is 5.73 Å². The quantitative estimate of drug-likeness (QED) is 0.518. The molecule has 116 valence electrons. The van der Waals surface area contributed by atoms with Crippen molar-refractivity contribution >= 4 is 23.1 Å². The Labute approximate surface area is 126 Å². The van der Waals surface area contributed by atoms with Gasteiger partial charge in [-0.1, -0.05) is 6.07 Å². The highest BCUT2D eigenvalue weighted by atomic mass is 16.6. The molecule has 2 aromatic rings. The summed E-state index contributed by atoms with van der Waals surface area (Å²) in [4.78, 5) is 18.3. The van der Waals surface area contributed by atoms with Gasteiger partial charge in [-0.2, -0.15) is 4.98 Å². The summed E-state index contributed by atoms with van der Waals surface area (Å²) in [6, 6.07) is 7.17. The molecule has 2 rings (SSSR count). The first-order chi connectivity index (χ1) is 10.6. The van der Waals surface area contributed by atoms with Gasteiger partial charge in [-0.3, -0.25) is 10.1 Å². The summed E-state index contributed by atoms with van der Waals surface area (Å²) in [7, 11) is 1.56. The number of nitrogens with one attached hydrogen (secondary N) is 2. The van der Waals surface area contributed by atoms with Gasteiger partial charge in [0.05, 0.1) is 4.92 Å². The number of nitro groups is 1. The normalized spacial score (nSPS) is 10.1. The van der Waals surface area contributed by atoms with E-state index in [-0.39, 0.29) is 17.5 Å². The van der Waals surface area contributed by atoms with Gasteiger partial charge in [0.25, 0.3) is 0 Å². The van der Waals surface area contributed by atoms with Gasteiger partial charge in [0, 0.05) is 25.3 Å². The van der Waals surface area contributed by atoms with Crippen molar-refractivity contribution in [1.82, 2.24) is 9.97 Å². The number of benzene rings is 1. The highest BCUT2D eigenvalue weighted by Crippen LogP contribution is 2.24. The second kappa shape index (κ2) is 7.18. The van der Waals surface area contributed by atoms with Crippen molar-refractivity contribution in [2.45, 2.75) is 0 Å². The number of aromatic nitrogens is 2. The van der Waals surface area contributed by atoms with Crippen LogP contribution < -0.4 is 21.1 Å². The van der Waals surface area contributed by atoms with E-state index in [2.05, 4.69) is 20.6 Å². The summed E-state index contributed by atoms with van der Waals surface area (Å²) in [5.74, 6) is 1.04. The molecule has 0 bridgehead atoms. The van der Waals surface area contributed by atoms with Crippen LogP contribution >= 0.6 is 0 Å². The predicted octanol–water partition coefficient (Wildman–Crippen LogP) is 1.51. The van der Waals surface area contributed by atoms with E-state index in [9.17, 15) is 10.1 Å². The van der Waals surface area contributed by atoms with Crippen LogP contribution in [0.2, 0.25) is 0 Å². The maximum atomic E-state index is 10.8. The summed E-state index contributed by atoms with van der Waals surface area (Å²) in [6.45, 7) is 0.843. The van der Waals surface area contributed by atoms with E-state index < -0.39 is 4.92 Å². The van der Waals surface area contributed by atoms with Crippen molar-refractivity contribution in [3.63, 3.8) is 0 Å². The zero-order chi connectivity index (χ0) is 15.9. The molecule has 0 spiro atoms. The second-order valence-corrected chi connectivity index (χ2v) is 4.22. The van der Waals surface area contributed by atoms with E-state index in [1.807, 2.05) is 0 Å². The fourth-order valence-corrected chi connectivity index (χ4v) is 1.72. The monoisotopic (exact) mass is 304 g/mol. The molecule has 9 nitrogen and oxygen atoms in total. The minimum atomic E-state index is -0.545. The molecule has 0 aliphatic rings. The topological polar surface area (TPSA) is 128 Å². The Hall–Kier alpha value is -2.94. The van der Waals surface area contributed by atoms with E-state index in [1.54, 1.807) is 31.3 Å². The van der Waals surface area contributed by atoms with Crippen molar-refractivity contribution < 1.29 is 9.66 Å². The van der Waals surface area contributed by atoms with Crippen molar-refractivity contribution in [1.29, 1.82) is 0 Å². The van der Waals surface area contributed by atoms with Crippen LogP contribution in [0.25, 0.3) is 0 Å². The SMILES string of the molecule is CNc1nc(Nc2cccc(OCCN)c2)ncc1[N+](=O)[O-]. The molecule has 0 aliphatic carbocycles. The van der Waals surface area contributed by atoms with Gasteiger partial charge in [0.15, 0.2) is 0 Å². The number of hydrogen-bond donors (Lipinski definition) is 3. The highest BCUT2D eigenvalue weighted by Gasteiger charge is 2.16. The summed E-state index contributed by atoms with van der Waals surface area (Å²) in [5, 5.41) is 16.5. The highest BCUT2D eigenvalue weighted by molar-refractivity contribution is 5.61. The van der Waals surface area contributed by atoms with E-state index >= 15 is 0 Å². The lowest BCUT2D eigenvalue weighted by Crippen LogP contribution is -2.10. The predicted molar refractivity (Wildman–Crippen MR) is 82.5 cm³/mol. The van der Waals surface area contributed by atoms with Crippen LogP contribution in [0, 0.1) is 10.1 Å². The minimum absolute atomic E-state index is 0.137. The van der Waals surface area contributed by atoms with Gasteiger partial charge in [0.2, 0.25) is 11.8 Å². The Kier molecular flexibility index (Phi) is 5.04. The van der Waals surface area contributed by atoms with Crippen LogP contribution in [-0.2, 0) is 0 Å².